The summed E-state index contributed by atoms with van der Waals surface area (Å²) in [5, 5.41) is 6.83. The van der Waals surface area contributed by atoms with Crippen molar-refractivity contribution in [3.63, 3.8) is 0 Å². The molecule has 0 fully saturated rings. The van der Waals surface area contributed by atoms with E-state index >= 15 is 0 Å². The lowest BCUT2D eigenvalue weighted by Gasteiger charge is -2.13. The molecule has 0 radical (unpaired) electrons. The molecule has 0 bridgehead atoms. The van der Waals surface area contributed by atoms with Crippen LogP contribution < -0.4 is 11.1 Å². The Hall–Kier alpha value is -2.06. The Morgan fingerprint density at radius 3 is 2.71 bits per heavy atom. The molecule has 0 saturated carbocycles. The number of carbonyl (C=O) groups is 1. The number of hydrogen-bond donors (Lipinski definition) is 2. The van der Waals surface area contributed by atoms with Crippen molar-refractivity contribution in [1.82, 2.24) is 9.78 Å². The van der Waals surface area contributed by atoms with Crippen LogP contribution >= 0.6 is 11.6 Å². The van der Waals surface area contributed by atoms with E-state index in [1.807, 2.05) is 0 Å². The van der Waals surface area contributed by atoms with Crippen molar-refractivity contribution < 1.29 is 18.0 Å². The fourth-order valence-corrected chi connectivity index (χ4v) is 2.29. The van der Waals surface area contributed by atoms with Crippen LogP contribution in [0.1, 0.15) is 24.1 Å². The topological polar surface area (TPSA) is 72.9 Å². The van der Waals surface area contributed by atoms with E-state index in [0.29, 0.717) is 18.7 Å². The van der Waals surface area contributed by atoms with Gasteiger partial charge in [0.15, 0.2) is 0 Å². The van der Waals surface area contributed by atoms with Gasteiger partial charge in [0.25, 0.3) is 0 Å². The summed E-state index contributed by atoms with van der Waals surface area (Å²) in [5.74, 6) is -0.0551. The lowest BCUT2D eigenvalue weighted by Crippen LogP contribution is -2.16. The average Bonchev–Trinajstić information content (AvgIpc) is 2.84. The Bertz CT molecular complexity index is 743. The summed E-state index contributed by atoms with van der Waals surface area (Å²) < 4.78 is 39.9. The van der Waals surface area contributed by atoms with Gasteiger partial charge in [-0.2, -0.15) is 18.3 Å². The van der Waals surface area contributed by atoms with Crippen LogP contribution in [0.15, 0.2) is 24.3 Å². The van der Waals surface area contributed by atoms with Crippen LogP contribution in [0.5, 0.6) is 0 Å². The Balaban J connectivity index is 2.41. The normalized spacial score (nSPS) is 11.6. The molecular formula is C15H16ClF3N4O. The SMILES string of the molecule is Cc1cc(NC(=O)CCCN)n(-c2cc(C(F)(F)F)ccc2Cl)n1. The van der Waals surface area contributed by atoms with Crippen LogP contribution in [0, 0.1) is 6.92 Å². The second kappa shape index (κ2) is 7.23. The Morgan fingerprint density at radius 1 is 1.38 bits per heavy atom. The maximum Gasteiger partial charge on any atom is 0.416 e. The number of aromatic nitrogens is 2. The van der Waals surface area contributed by atoms with Crippen LogP contribution in [0.4, 0.5) is 19.0 Å². The molecule has 0 aliphatic carbocycles. The third-order valence-corrected chi connectivity index (χ3v) is 3.53. The van der Waals surface area contributed by atoms with E-state index in [1.54, 1.807) is 13.0 Å². The van der Waals surface area contributed by atoms with Gasteiger partial charge < -0.3 is 11.1 Å². The zero-order valence-corrected chi connectivity index (χ0v) is 13.6. The molecule has 1 heterocycles. The first-order valence-electron chi connectivity index (χ1n) is 7.16. The fourth-order valence-electron chi connectivity index (χ4n) is 2.09. The monoisotopic (exact) mass is 360 g/mol. The smallest absolute Gasteiger partial charge is 0.330 e. The van der Waals surface area contributed by atoms with E-state index in [-0.39, 0.29) is 28.9 Å². The number of hydrogen-bond acceptors (Lipinski definition) is 3. The number of anilines is 1. The fraction of sp³-hybridized carbons (Fsp3) is 0.333. The van der Waals surface area contributed by atoms with Gasteiger partial charge in [0, 0.05) is 12.5 Å². The van der Waals surface area contributed by atoms with Gasteiger partial charge in [-0.25, -0.2) is 4.68 Å². The highest BCUT2D eigenvalue weighted by atomic mass is 35.5. The van der Waals surface area contributed by atoms with Crippen LogP contribution in [0.25, 0.3) is 5.69 Å². The minimum atomic E-state index is -4.51. The van der Waals surface area contributed by atoms with E-state index in [0.717, 1.165) is 18.2 Å². The molecule has 0 aliphatic rings. The quantitative estimate of drug-likeness (QED) is 0.856. The van der Waals surface area contributed by atoms with Gasteiger partial charge in [-0.05, 0) is 38.1 Å². The summed E-state index contributed by atoms with van der Waals surface area (Å²) in [6.07, 6.45) is -3.80. The summed E-state index contributed by atoms with van der Waals surface area (Å²) in [4.78, 5) is 11.9. The molecule has 2 rings (SSSR count). The van der Waals surface area contributed by atoms with E-state index in [4.69, 9.17) is 17.3 Å². The second-order valence-corrected chi connectivity index (χ2v) is 5.59. The van der Waals surface area contributed by atoms with E-state index in [9.17, 15) is 18.0 Å². The van der Waals surface area contributed by atoms with Crippen molar-refractivity contribution in [2.24, 2.45) is 5.73 Å². The molecule has 1 aromatic carbocycles. The summed E-state index contributed by atoms with van der Waals surface area (Å²) in [7, 11) is 0. The van der Waals surface area contributed by atoms with Crippen molar-refractivity contribution >= 4 is 23.3 Å². The van der Waals surface area contributed by atoms with Crippen LogP contribution in [0.2, 0.25) is 5.02 Å². The predicted octanol–water partition coefficient (Wildman–Crippen LogP) is 3.53. The highest BCUT2D eigenvalue weighted by molar-refractivity contribution is 6.32. The standard InChI is InChI=1S/C15H16ClF3N4O/c1-9-7-13(21-14(24)3-2-6-20)23(22-9)12-8-10(15(17,18)19)4-5-11(12)16/h4-5,7-8H,2-3,6,20H2,1H3,(H,21,24). The van der Waals surface area contributed by atoms with Crippen LogP contribution in [-0.4, -0.2) is 22.2 Å². The molecule has 0 aliphatic heterocycles. The van der Waals surface area contributed by atoms with Gasteiger partial charge in [0.1, 0.15) is 5.82 Å². The first-order chi connectivity index (χ1) is 11.2. The number of amides is 1. The maximum atomic E-state index is 12.9. The number of alkyl halides is 3. The maximum absolute atomic E-state index is 12.9. The zero-order chi connectivity index (χ0) is 17.9. The number of halogens is 4. The molecule has 5 nitrogen and oxygen atoms in total. The third-order valence-electron chi connectivity index (χ3n) is 3.21. The Labute approximate surface area is 141 Å². The van der Waals surface area contributed by atoms with Crippen LogP contribution in [0.3, 0.4) is 0 Å². The Kier molecular flexibility index (Phi) is 5.51. The van der Waals surface area contributed by atoms with Crippen molar-refractivity contribution in [2.45, 2.75) is 25.9 Å². The zero-order valence-electron chi connectivity index (χ0n) is 12.8. The number of aryl methyl sites for hydroxylation is 1. The lowest BCUT2D eigenvalue weighted by atomic mass is 10.2. The first kappa shape index (κ1) is 18.3. The molecule has 130 valence electrons. The number of rotatable bonds is 5. The molecule has 0 spiro atoms. The van der Waals surface area contributed by atoms with Gasteiger partial charge in [0.05, 0.1) is 22.0 Å². The minimum absolute atomic E-state index is 0.0358. The first-order valence-corrected chi connectivity index (χ1v) is 7.54. The number of nitrogens with one attached hydrogen (secondary N) is 1. The molecule has 9 heteroatoms. The minimum Gasteiger partial charge on any atom is -0.330 e. The highest BCUT2D eigenvalue weighted by Gasteiger charge is 2.31. The number of benzene rings is 1. The summed E-state index contributed by atoms with van der Waals surface area (Å²) >= 11 is 6.02. The predicted molar refractivity (Wildman–Crippen MR) is 85.2 cm³/mol. The van der Waals surface area contributed by atoms with Crippen molar-refractivity contribution in [2.75, 3.05) is 11.9 Å². The molecule has 0 saturated heterocycles. The average molecular weight is 361 g/mol. The number of nitrogens with two attached hydrogens (primary N) is 1. The number of carbonyl (C=O) groups excluding carboxylic acids is 1. The molecule has 3 N–H and O–H groups in total. The van der Waals surface area contributed by atoms with Gasteiger partial charge in [-0.3, -0.25) is 4.79 Å². The highest BCUT2D eigenvalue weighted by Crippen LogP contribution is 2.34. The van der Waals surface area contributed by atoms with E-state index in [2.05, 4.69) is 10.4 Å². The lowest BCUT2D eigenvalue weighted by molar-refractivity contribution is -0.137. The molecule has 1 amide bonds. The van der Waals surface area contributed by atoms with Gasteiger partial charge >= 0.3 is 6.18 Å². The van der Waals surface area contributed by atoms with Crippen molar-refractivity contribution in [1.29, 1.82) is 0 Å². The Morgan fingerprint density at radius 2 is 2.08 bits per heavy atom. The van der Waals surface area contributed by atoms with Gasteiger partial charge in [0.2, 0.25) is 5.91 Å². The van der Waals surface area contributed by atoms with E-state index in [1.165, 1.54) is 4.68 Å². The molecule has 24 heavy (non-hydrogen) atoms. The van der Waals surface area contributed by atoms with Gasteiger partial charge in [-0.15, -0.1) is 0 Å². The number of nitrogens with zero attached hydrogens (tertiary/aromatic N) is 2. The van der Waals surface area contributed by atoms with Crippen molar-refractivity contribution in [3.05, 3.63) is 40.5 Å². The van der Waals surface area contributed by atoms with Gasteiger partial charge in [-0.1, -0.05) is 11.6 Å². The van der Waals surface area contributed by atoms with Crippen molar-refractivity contribution in [3.8, 4) is 5.69 Å². The van der Waals surface area contributed by atoms with E-state index < -0.39 is 11.7 Å². The summed E-state index contributed by atoms with van der Waals surface area (Å²) in [5.41, 5.74) is 5.06. The largest absolute Gasteiger partial charge is 0.416 e. The second-order valence-electron chi connectivity index (χ2n) is 5.19. The summed E-state index contributed by atoms with van der Waals surface area (Å²) in [6.45, 7) is 2.03. The third kappa shape index (κ3) is 4.27. The summed E-state index contributed by atoms with van der Waals surface area (Å²) in [6, 6.07) is 4.49. The van der Waals surface area contributed by atoms with Crippen LogP contribution in [-0.2, 0) is 11.0 Å². The molecular weight excluding hydrogens is 345 g/mol. The molecule has 2 aromatic rings. The molecule has 0 unspecified atom stereocenters. The molecule has 0 atom stereocenters. The molecule has 1 aromatic heterocycles.